The summed E-state index contributed by atoms with van der Waals surface area (Å²) in [4.78, 5) is 0. The maximum Gasteiger partial charge on any atom is 0.205 e. The Morgan fingerprint density at radius 3 is 2.35 bits per heavy atom. The van der Waals surface area contributed by atoms with Gasteiger partial charge in [-0.05, 0) is 42.9 Å². The molecule has 0 amide bonds. The van der Waals surface area contributed by atoms with E-state index in [4.69, 9.17) is 0 Å². The van der Waals surface area contributed by atoms with Crippen molar-refractivity contribution in [2.75, 3.05) is 5.32 Å². The summed E-state index contributed by atoms with van der Waals surface area (Å²) in [5.74, 6) is 1.52. The first-order valence-electron chi connectivity index (χ1n) is 7.93. The molecule has 20 heavy (non-hydrogen) atoms. The predicted molar refractivity (Wildman–Crippen MR) is 87.3 cm³/mol. The van der Waals surface area contributed by atoms with Crippen molar-refractivity contribution >= 4 is 16.5 Å². The summed E-state index contributed by atoms with van der Waals surface area (Å²) < 4.78 is 0. The highest BCUT2D eigenvalue weighted by Gasteiger charge is 2.29. The van der Waals surface area contributed by atoms with Gasteiger partial charge in [0, 0.05) is 12.5 Å². The minimum Gasteiger partial charge on any atom is -0.357 e. The molecule has 0 radical (unpaired) electrons. The van der Waals surface area contributed by atoms with Crippen molar-refractivity contribution < 1.29 is 0 Å². The molecule has 1 aromatic rings. The van der Waals surface area contributed by atoms with Crippen LogP contribution in [0.4, 0.5) is 5.13 Å². The van der Waals surface area contributed by atoms with E-state index in [1.54, 1.807) is 11.3 Å². The fraction of sp³-hybridized carbons (Fsp3) is 0.875. The number of nitrogens with zero attached hydrogens (tertiary/aromatic N) is 2. The SMILES string of the molecule is CC(C)Cc1nnc(NC2CCC(C(C)(C)C)CC2)s1. The fourth-order valence-electron chi connectivity index (χ4n) is 3.02. The third-order valence-corrected chi connectivity index (χ3v) is 5.21. The molecule has 0 saturated heterocycles. The molecule has 0 unspecified atom stereocenters. The Bertz CT molecular complexity index is 412. The van der Waals surface area contributed by atoms with E-state index < -0.39 is 0 Å². The predicted octanol–water partition coefficient (Wildman–Crippen LogP) is 4.75. The Kier molecular flexibility index (Phi) is 5.05. The Hall–Kier alpha value is -0.640. The monoisotopic (exact) mass is 295 g/mol. The molecule has 4 heteroatoms. The fourth-order valence-corrected chi connectivity index (χ4v) is 4.05. The number of anilines is 1. The lowest BCUT2D eigenvalue weighted by atomic mass is 9.71. The Morgan fingerprint density at radius 1 is 1.15 bits per heavy atom. The highest BCUT2D eigenvalue weighted by Crippen LogP contribution is 2.38. The van der Waals surface area contributed by atoms with Crippen molar-refractivity contribution in [2.45, 2.75) is 72.8 Å². The first-order chi connectivity index (χ1) is 9.34. The minimum atomic E-state index is 0.456. The Labute approximate surface area is 127 Å². The van der Waals surface area contributed by atoms with Crippen molar-refractivity contribution in [1.29, 1.82) is 0 Å². The number of rotatable bonds is 4. The van der Waals surface area contributed by atoms with Crippen LogP contribution in [0.25, 0.3) is 0 Å². The highest BCUT2D eigenvalue weighted by atomic mass is 32.1. The largest absolute Gasteiger partial charge is 0.357 e. The van der Waals surface area contributed by atoms with Crippen molar-refractivity contribution in [1.82, 2.24) is 10.2 Å². The number of hydrogen-bond acceptors (Lipinski definition) is 4. The summed E-state index contributed by atoms with van der Waals surface area (Å²) in [7, 11) is 0. The van der Waals surface area contributed by atoms with Crippen molar-refractivity contribution in [3.05, 3.63) is 5.01 Å². The van der Waals surface area contributed by atoms with Gasteiger partial charge in [-0.3, -0.25) is 0 Å². The second kappa shape index (κ2) is 6.42. The molecule has 1 aliphatic rings. The third-order valence-electron chi connectivity index (χ3n) is 4.33. The first kappa shape index (κ1) is 15.7. The second-order valence-corrected chi connectivity index (χ2v) is 8.72. The molecule has 1 heterocycles. The van der Waals surface area contributed by atoms with Crippen molar-refractivity contribution in [3.63, 3.8) is 0 Å². The third kappa shape index (κ3) is 4.44. The number of nitrogens with one attached hydrogen (secondary N) is 1. The van der Waals surface area contributed by atoms with E-state index in [2.05, 4.69) is 50.1 Å². The summed E-state index contributed by atoms with van der Waals surface area (Å²) >= 11 is 1.73. The highest BCUT2D eigenvalue weighted by molar-refractivity contribution is 7.15. The van der Waals surface area contributed by atoms with Crippen LogP contribution >= 0.6 is 11.3 Å². The van der Waals surface area contributed by atoms with E-state index >= 15 is 0 Å². The molecule has 0 bridgehead atoms. The molecule has 1 N–H and O–H groups in total. The van der Waals surface area contributed by atoms with Gasteiger partial charge in [-0.1, -0.05) is 46.0 Å². The van der Waals surface area contributed by atoms with Crippen LogP contribution in [0.2, 0.25) is 0 Å². The number of hydrogen-bond donors (Lipinski definition) is 1. The normalized spacial score (nSPS) is 24.1. The molecule has 0 spiro atoms. The van der Waals surface area contributed by atoms with E-state index in [1.807, 2.05) is 0 Å². The maximum absolute atomic E-state index is 4.29. The smallest absolute Gasteiger partial charge is 0.205 e. The quantitative estimate of drug-likeness (QED) is 0.870. The van der Waals surface area contributed by atoms with Gasteiger partial charge in [-0.25, -0.2) is 0 Å². The topological polar surface area (TPSA) is 37.8 Å². The van der Waals surface area contributed by atoms with Gasteiger partial charge in [-0.15, -0.1) is 10.2 Å². The second-order valence-electron chi connectivity index (χ2n) is 7.66. The van der Waals surface area contributed by atoms with Crippen LogP contribution in [0.1, 0.15) is 65.3 Å². The molecular formula is C16H29N3S. The van der Waals surface area contributed by atoms with Crippen LogP contribution in [0.5, 0.6) is 0 Å². The summed E-state index contributed by atoms with van der Waals surface area (Å²) in [6, 6.07) is 0.591. The van der Waals surface area contributed by atoms with E-state index in [9.17, 15) is 0 Å². The van der Waals surface area contributed by atoms with Gasteiger partial charge >= 0.3 is 0 Å². The molecule has 1 aromatic heterocycles. The van der Waals surface area contributed by atoms with E-state index in [0.717, 1.165) is 22.5 Å². The van der Waals surface area contributed by atoms with Crippen molar-refractivity contribution in [3.8, 4) is 0 Å². The van der Waals surface area contributed by atoms with Crippen LogP contribution in [0, 0.1) is 17.3 Å². The average molecular weight is 295 g/mol. The van der Waals surface area contributed by atoms with Crippen LogP contribution in [0.15, 0.2) is 0 Å². The van der Waals surface area contributed by atoms with Gasteiger partial charge in [0.05, 0.1) is 0 Å². The zero-order valence-corrected chi connectivity index (χ0v) is 14.4. The lowest BCUT2D eigenvalue weighted by Crippen LogP contribution is -2.31. The van der Waals surface area contributed by atoms with Gasteiger partial charge in [0.1, 0.15) is 5.01 Å². The molecule has 0 aromatic carbocycles. The van der Waals surface area contributed by atoms with Crippen LogP contribution < -0.4 is 5.32 Å². The summed E-state index contributed by atoms with van der Waals surface area (Å²) in [5.41, 5.74) is 0.456. The van der Waals surface area contributed by atoms with Gasteiger partial charge in [0.25, 0.3) is 0 Å². The van der Waals surface area contributed by atoms with Crippen LogP contribution in [-0.4, -0.2) is 16.2 Å². The van der Waals surface area contributed by atoms with Crippen molar-refractivity contribution in [2.24, 2.45) is 17.3 Å². The molecule has 114 valence electrons. The minimum absolute atomic E-state index is 0.456. The first-order valence-corrected chi connectivity index (χ1v) is 8.75. The summed E-state index contributed by atoms with van der Waals surface area (Å²) in [5, 5.41) is 14.3. The van der Waals surface area contributed by atoms with E-state index in [1.165, 1.54) is 25.7 Å². The molecule has 3 nitrogen and oxygen atoms in total. The standard InChI is InChI=1S/C16H29N3S/c1-11(2)10-14-18-19-15(20-14)17-13-8-6-12(7-9-13)16(3,4)5/h11-13H,6-10H2,1-5H3,(H,17,19). The molecule has 1 fully saturated rings. The molecular weight excluding hydrogens is 266 g/mol. The molecule has 0 atom stereocenters. The zero-order chi connectivity index (χ0) is 14.8. The molecule has 1 aliphatic carbocycles. The molecule has 0 aliphatic heterocycles. The van der Waals surface area contributed by atoms with Crippen LogP contribution in [0.3, 0.4) is 0 Å². The Morgan fingerprint density at radius 2 is 1.80 bits per heavy atom. The number of aromatic nitrogens is 2. The zero-order valence-electron chi connectivity index (χ0n) is 13.6. The molecule has 2 rings (SSSR count). The van der Waals surface area contributed by atoms with Gasteiger partial charge < -0.3 is 5.32 Å². The molecule has 1 saturated carbocycles. The summed E-state index contributed by atoms with van der Waals surface area (Å²) in [6.07, 6.45) is 6.23. The maximum atomic E-state index is 4.29. The van der Waals surface area contributed by atoms with Gasteiger partial charge in [-0.2, -0.15) is 0 Å². The van der Waals surface area contributed by atoms with Gasteiger partial charge in [0.15, 0.2) is 0 Å². The van der Waals surface area contributed by atoms with E-state index in [-0.39, 0.29) is 0 Å². The lowest BCUT2D eigenvalue weighted by molar-refractivity contribution is 0.173. The Balaban J connectivity index is 1.82. The summed E-state index contributed by atoms with van der Waals surface area (Å²) in [6.45, 7) is 11.6. The van der Waals surface area contributed by atoms with E-state index in [0.29, 0.717) is 17.4 Å². The average Bonchev–Trinajstić information content (AvgIpc) is 2.75. The van der Waals surface area contributed by atoms with Crippen LogP contribution in [-0.2, 0) is 6.42 Å². The lowest BCUT2D eigenvalue weighted by Gasteiger charge is -2.37. The van der Waals surface area contributed by atoms with Gasteiger partial charge in [0.2, 0.25) is 5.13 Å².